The van der Waals surface area contributed by atoms with Crippen LogP contribution in [0.5, 0.6) is 0 Å². The van der Waals surface area contributed by atoms with Crippen molar-refractivity contribution in [2.45, 2.75) is 12.6 Å². The molecule has 0 saturated carbocycles. The van der Waals surface area contributed by atoms with Crippen molar-refractivity contribution in [3.63, 3.8) is 0 Å². The van der Waals surface area contributed by atoms with E-state index in [0.29, 0.717) is 4.34 Å². The SMILES string of the molecule is O=C(NCc1ccc(Cl)s1)NC(CO)C(=O)O. The summed E-state index contributed by atoms with van der Waals surface area (Å²) in [7, 11) is 0. The number of aliphatic hydroxyl groups is 1. The van der Waals surface area contributed by atoms with Crippen LogP contribution in [0.4, 0.5) is 4.79 Å². The van der Waals surface area contributed by atoms with Crippen molar-refractivity contribution >= 4 is 34.9 Å². The summed E-state index contributed by atoms with van der Waals surface area (Å²) in [6.45, 7) is -0.408. The molecule has 0 spiro atoms. The summed E-state index contributed by atoms with van der Waals surface area (Å²) in [4.78, 5) is 22.6. The van der Waals surface area contributed by atoms with Crippen LogP contribution in [0.2, 0.25) is 4.34 Å². The van der Waals surface area contributed by atoms with E-state index in [1.165, 1.54) is 11.3 Å². The number of carboxylic acids is 1. The number of hydrogen-bond donors (Lipinski definition) is 4. The molecular formula is C9H11ClN2O4S. The molecule has 4 N–H and O–H groups in total. The zero-order chi connectivity index (χ0) is 12.8. The summed E-state index contributed by atoms with van der Waals surface area (Å²) in [5.74, 6) is -1.29. The van der Waals surface area contributed by atoms with Crippen molar-refractivity contribution in [3.05, 3.63) is 21.3 Å². The Morgan fingerprint density at radius 3 is 2.65 bits per heavy atom. The molecule has 0 bridgehead atoms. The molecule has 6 nitrogen and oxygen atoms in total. The van der Waals surface area contributed by atoms with Gasteiger partial charge >= 0.3 is 12.0 Å². The average Bonchev–Trinajstić information content (AvgIpc) is 2.68. The second-order valence-electron chi connectivity index (χ2n) is 3.11. The van der Waals surface area contributed by atoms with Crippen LogP contribution in [-0.4, -0.2) is 34.9 Å². The number of nitrogens with one attached hydrogen (secondary N) is 2. The fourth-order valence-electron chi connectivity index (χ4n) is 1.01. The molecule has 2 amide bonds. The van der Waals surface area contributed by atoms with Crippen molar-refractivity contribution in [2.75, 3.05) is 6.61 Å². The number of hydrogen-bond acceptors (Lipinski definition) is 4. The Bertz CT molecular complexity index is 409. The Morgan fingerprint density at radius 2 is 2.18 bits per heavy atom. The van der Waals surface area contributed by atoms with Crippen molar-refractivity contribution < 1.29 is 19.8 Å². The number of rotatable bonds is 5. The van der Waals surface area contributed by atoms with Crippen molar-refractivity contribution in [2.24, 2.45) is 0 Å². The first-order valence-corrected chi connectivity index (χ1v) is 5.84. The minimum atomic E-state index is -1.30. The van der Waals surface area contributed by atoms with Gasteiger partial charge in [-0.1, -0.05) is 11.6 Å². The van der Waals surface area contributed by atoms with Gasteiger partial charge in [-0.15, -0.1) is 11.3 Å². The number of carbonyl (C=O) groups is 2. The minimum absolute atomic E-state index is 0.251. The molecule has 1 unspecified atom stereocenters. The van der Waals surface area contributed by atoms with Crippen LogP contribution in [-0.2, 0) is 11.3 Å². The zero-order valence-corrected chi connectivity index (χ0v) is 10.2. The van der Waals surface area contributed by atoms with E-state index >= 15 is 0 Å². The number of urea groups is 1. The highest BCUT2D eigenvalue weighted by atomic mass is 35.5. The van der Waals surface area contributed by atoms with Gasteiger partial charge in [-0.2, -0.15) is 0 Å². The van der Waals surface area contributed by atoms with Gasteiger partial charge in [-0.25, -0.2) is 9.59 Å². The third-order valence-corrected chi connectivity index (χ3v) is 3.07. The molecule has 94 valence electrons. The van der Waals surface area contributed by atoms with Gasteiger partial charge in [0.2, 0.25) is 0 Å². The van der Waals surface area contributed by atoms with Gasteiger partial charge < -0.3 is 20.8 Å². The molecule has 1 aromatic rings. The van der Waals surface area contributed by atoms with Crippen molar-refractivity contribution in [1.29, 1.82) is 0 Å². The van der Waals surface area contributed by atoms with Crippen LogP contribution in [0.1, 0.15) is 4.88 Å². The zero-order valence-electron chi connectivity index (χ0n) is 8.64. The van der Waals surface area contributed by atoms with Crippen LogP contribution in [0.25, 0.3) is 0 Å². The molecule has 8 heteroatoms. The highest BCUT2D eigenvalue weighted by Gasteiger charge is 2.18. The molecule has 0 aliphatic rings. The number of aliphatic hydroxyl groups excluding tert-OH is 1. The Labute approximate surface area is 106 Å². The van der Waals surface area contributed by atoms with Gasteiger partial charge in [0.25, 0.3) is 0 Å². The van der Waals surface area contributed by atoms with E-state index in [9.17, 15) is 9.59 Å². The predicted molar refractivity (Wildman–Crippen MR) is 63.2 cm³/mol. The summed E-state index contributed by atoms with van der Waals surface area (Å²) in [5, 5.41) is 21.9. The molecule has 17 heavy (non-hydrogen) atoms. The second-order valence-corrected chi connectivity index (χ2v) is 4.91. The summed E-state index contributed by atoms with van der Waals surface area (Å²) in [6, 6.07) is 1.50. The van der Waals surface area contributed by atoms with E-state index in [4.69, 9.17) is 21.8 Å². The number of halogens is 1. The number of amides is 2. The standard InChI is InChI=1S/C9H11ClN2O4S/c10-7-2-1-5(17-7)3-11-9(16)12-6(4-13)8(14)15/h1-2,6,13H,3-4H2,(H,14,15)(H2,11,12,16). The van der Waals surface area contributed by atoms with E-state index in [0.717, 1.165) is 4.88 Å². The lowest BCUT2D eigenvalue weighted by Crippen LogP contribution is -2.47. The smallest absolute Gasteiger partial charge is 0.328 e. The van der Waals surface area contributed by atoms with Crippen LogP contribution >= 0.6 is 22.9 Å². The molecule has 0 fully saturated rings. The first kappa shape index (κ1) is 13.8. The molecule has 1 heterocycles. The number of carboxylic acid groups (broad SMARTS) is 1. The quantitative estimate of drug-likeness (QED) is 0.635. The van der Waals surface area contributed by atoms with Crippen LogP contribution in [0, 0.1) is 0 Å². The van der Waals surface area contributed by atoms with E-state index in [1.807, 2.05) is 0 Å². The maximum Gasteiger partial charge on any atom is 0.328 e. The van der Waals surface area contributed by atoms with Gasteiger partial charge in [0.05, 0.1) is 17.5 Å². The number of aliphatic carboxylic acids is 1. The molecule has 1 atom stereocenters. The molecule has 0 aromatic carbocycles. The summed E-state index contributed by atoms with van der Waals surface area (Å²) >= 11 is 7.02. The Hall–Kier alpha value is -1.31. The highest BCUT2D eigenvalue weighted by molar-refractivity contribution is 7.16. The second kappa shape index (κ2) is 6.43. The summed E-state index contributed by atoms with van der Waals surface area (Å²) in [6.07, 6.45) is 0. The van der Waals surface area contributed by atoms with Crippen LogP contribution in [0.15, 0.2) is 12.1 Å². The largest absolute Gasteiger partial charge is 0.480 e. The topological polar surface area (TPSA) is 98.7 Å². The van der Waals surface area contributed by atoms with Crippen LogP contribution < -0.4 is 10.6 Å². The normalized spacial score (nSPS) is 11.9. The van der Waals surface area contributed by atoms with Crippen molar-refractivity contribution in [1.82, 2.24) is 10.6 Å². The first-order chi connectivity index (χ1) is 8.02. The van der Waals surface area contributed by atoms with Gasteiger partial charge in [-0.3, -0.25) is 0 Å². The lowest BCUT2D eigenvalue weighted by Gasteiger charge is -2.11. The number of carbonyl (C=O) groups excluding carboxylic acids is 1. The van der Waals surface area contributed by atoms with Gasteiger partial charge in [0, 0.05) is 4.88 Å². The monoisotopic (exact) mass is 278 g/mol. The van der Waals surface area contributed by atoms with E-state index in [1.54, 1.807) is 12.1 Å². The number of thiophene rings is 1. The average molecular weight is 279 g/mol. The molecular weight excluding hydrogens is 268 g/mol. The fourth-order valence-corrected chi connectivity index (χ4v) is 2.04. The first-order valence-electron chi connectivity index (χ1n) is 4.65. The third-order valence-electron chi connectivity index (χ3n) is 1.84. The Kier molecular flexibility index (Phi) is 5.20. The third kappa shape index (κ3) is 4.59. The summed E-state index contributed by atoms with van der Waals surface area (Å²) in [5.41, 5.74) is 0. The predicted octanol–water partition coefficient (Wildman–Crippen LogP) is 0.646. The molecule has 0 aliphatic heterocycles. The minimum Gasteiger partial charge on any atom is -0.480 e. The summed E-state index contributed by atoms with van der Waals surface area (Å²) < 4.78 is 0.612. The molecule has 1 rings (SSSR count). The van der Waals surface area contributed by atoms with Crippen molar-refractivity contribution in [3.8, 4) is 0 Å². The maximum absolute atomic E-state index is 11.3. The Balaban J connectivity index is 2.37. The van der Waals surface area contributed by atoms with Gasteiger partial charge in [-0.05, 0) is 12.1 Å². The molecule has 1 aromatic heterocycles. The molecule has 0 radical (unpaired) electrons. The van der Waals surface area contributed by atoms with E-state index < -0.39 is 24.6 Å². The van der Waals surface area contributed by atoms with Gasteiger partial charge in [0.15, 0.2) is 6.04 Å². The van der Waals surface area contributed by atoms with E-state index in [2.05, 4.69) is 10.6 Å². The molecule has 0 saturated heterocycles. The lowest BCUT2D eigenvalue weighted by molar-refractivity contribution is -0.140. The fraction of sp³-hybridized carbons (Fsp3) is 0.333. The van der Waals surface area contributed by atoms with E-state index in [-0.39, 0.29) is 6.54 Å². The maximum atomic E-state index is 11.3. The van der Waals surface area contributed by atoms with Crippen LogP contribution in [0.3, 0.4) is 0 Å². The highest BCUT2D eigenvalue weighted by Crippen LogP contribution is 2.20. The van der Waals surface area contributed by atoms with Gasteiger partial charge in [0.1, 0.15) is 0 Å². The molecule has 0 aliphatic carbocycles. The lowest BCUT2D eigenvalue weighted by atomic mass is 10.3. The Morgan fingerprint density at radius 1 is 1.47 bits per heavy atom.